The maximum Gasteiger partial charge on any atom is 0.433 e. The number of hydrogen-bond donors (Lipinski definition) is 1. The maximum atomic E-state index is 12.1. The van der Waals surface area contributed by atoms with Crippen molar-refractivity contribution in [3.8, 4) is 11.8 Å². The largest absolute Gasteiger partial charge is 0.489 e. The van der Waals surface area contributed by atoms with Crippen LogP contribution in [0.2, 0.25) is 0 Å². The number of amides is 1. The highest BCUT2D eigenvalue weighted by molar-refractivity contribution is 6.02. The summed E-state index contributed by atoms with van der Waals surface area (Å²) in [6, 6.07) is 18.2. The first-order valence-electron chi connectivity index (χ1n) is 7.82. The van der Waals surface area contributed by atoms with Crippen molar-refractivity contribution < 1.29 is 18.9 Å². The first kappa shape index (κ1) is 17.7. The minimum atomic E-state index is -0.716. The molecule has 0 saturated carbocycles. The highest BCUT2D eigenvalue weighted by atomic mass is 16.6. The second kappa shape index (κ2) is 7.84. The van der Waals surface area contributed by atoms with Gasteiger partial charge in [0.1, 0.15) is 17.3 Å². The Morgan fingerprint density at radius 1 is 1.19 bits per heavy atom. The van der Waals surface area contributed by atoms with Gasteiger partial charge in [-0.1, -0.05) is 18.2 Å². The Kier molecular flexibility index (Phi) is 5.14. The number of nitro groups is 1. The fraction of sp³-hybridized carbons (Fsp3) is 0.0526. The number of anilines is 1. The summed E-state index contributed by atoms with van der Waals surface area (Å²) in [5.41, 5.74) is 1.83. The van der Waals surface area contributed by atoms with Crippen molar-refractivity contribution in [3.05, 3.63) is 87.7 Å². The number of carbonyl (C=O) groups is 1. The van der Waals surface area contributed by atoms with Crippen LogP contribution in [0.5, 0.6) is 5.75 Å². The lowest BCUT2D eigenvalue weighted by molar-refractivity contribution is -0.402. The van der Waals surface area contributed by atoms with Crippen molar-refractivity contribution in [2.24, 2.45) is 0 Å². The number of ether oxygens (including phenoxy) is 1. The molecule has 1 heterocycles. The van der Waals surface area contributed by atoms with Gasteiger partial charge in [0.2, 0.25) is 0 Å². The zero-order valence-electron chi connectivity index (χ0n) is 13.9. The van der Waals surface area contributed by atoms with E-state index in [0.717, 1.165) is 11.6 Å². The molecule has 2 aromatic carbocycles. The summed E-state index contributed by atoms with van der Waals surface area (Å²) in [4.78, 5) is 22.0. The Morgan fingerprint density at radius 2 is 2.00 bits per heavy atom. The molecule has 0 saturated heterocycles. The van der Waals surface area contributed by atoms with E-state index in [0.29, 0.717) is 17.0 Å². The molecule has 0 aliphatic heterocycles. The summed E-state index contributed by atoms with van der Waals surface area (Å²) in [7, 11) is 0. The van der Waals surface area contributed by atoms with E-state index >= 15 is 0 Å². The van der Waals surface area contributed by atoms with Crippen molar-refractivity contribution in [1.82, 2.24) is 0 Å². The molecule has 0 spiro atoms. The van der Waals surface area contributed by atoms with Crippen LogP contribution in [-0.4, -0.2) is 10.8 Å². The third-order valence-electron chi connectivity index (χ3n) is 3.55. The highest BCUT2D eigenvalue weighted by Gasteiger charge is 2.17. The highest BCUT2D eigenvalue weighted by Crippen LogP contribution is 2.21. The van der Waals surface area contributed by atoms with E-state index in [4.69, 9.17) is 14.4 Å². The molecular formula is C19H13N3O5. The lowest BCUT2D eigenvalue weighted by Crippen LogP contribution is -2.10. The van der Waals surface area contributed by atoms with E-state index in [1.807, 2.05) is 6.07 Å². The molecule has 3 rings (SSSR count). The fourth-order valence-corrected chi connectivity index (χ4v) is 2.30. The zero-order chi connectivity index (χ0) is 19.2. The summed E-state index contributed by atoms with van der Waals surface area (Å²) in [5.74, 6) is -0.763. The number of nitrogens with zero attached hydrogens (tertiary/aromatic N) is 2. The van der Waals surface area contributed by atoms with Crippen molar-refractivity contribution in [2.75, 3.05) is 5.32 Å². The maximum absolute atomic E-state index is 12.1. The molecule has 1 amide bonds. The molecule has 0 fully saturated rings. The summed E-state index contributed by atoms with van der Waals surface area (Å²) in [6.07, 6.45) is 0. The van der Waals surface area contributed by atoms with E-state index in [2.05, 4.69) is 11.4 Å². The Bertz CT molecular complexity index is 1040. The summed E-state index contributed by atoms with van der Waals surface area (Å²) in [6.45, 7) is 0.261. The van der Waals surface area contributed by atoms with Gasteiger partial charge in [0, 0.05) is 11.8 Å². The van der Waals surface area contributed by atoms with E-state index in [1.54, 1.807) is 42.5 Å². The molecule has 0 atom stereocenters. The van der Waals surface area contributed by atoms with Crippen molar-refractivity contribution >= 4 is 17.5 Å². The van der Waals surface area contributed by atoms with Crippen molar-refractivity contribution in [3.63, 3.8) is 0 Å². The molecule has 0 unspecified atom stereocenters. The van der Waals surface area contributed by atoms with Crippen molar-refractivity contribution in [1.29, 1.82) is 5.26 Å². The van der Waals surface area contributed by atoms with Gasteiger partial charge in [0.05, 0.1) is 17.7 Å². The number of benzene rings is 2. The van der Waals surface area contributed by atoms with Crippen LogP contribution in [0.1, 0.15) is 21.7 Å². The molecule has 1 N–H and O–H groups in total. The van der Waals surface area contributed by atoms with Crippen LogP contribution in [0.3, 0.4) is 0 Å². The standard InChI is InChI=1S/C19H13N3O5/c20-11-13-3-1-4-14(9-13)12-26-16-6-2-5-15(10-16)21-19(23)17-7-8-18(27-17)22(24)25/h1-10H,12H2,(H,21,23). The molecule has 0 aliphatic carbocycles. The molecule has 8 heteroatoms. The molecule has 0 radical (unpaired) electrons. The molecule has 27 heavy (non-hydrogen) atoms. The predicted molar refractivity (Wildman–Crippen MR) is 95.2 cm³/mol. The molecule has 8 nitrogen and oxygen atoms in total. The fourth-order valence-electron chi connectivity index (χ4n) is 2.30. The summed E-state index contributed by atoms with van der Waals surface area (Å²) in [5, 5.41) is 22.1. The minimum Gasteiger partial charge on any atom is -0.489 e. The Labute approximate surface area is 153 Å². The van der Waals surface area contributed by atoms with Gasteiger partial charge in [-0.2, -0.15) is 5.26 Å². The van der Waals surface area contributed by atoms with Crippen LogP contribution in [0.15, 0.2) is 65.1 Å². The van der Waals surface area contributed by atoms with Crippen LogP contribution in [0.25, 0.3) is 0 Å². The van der Waals surface area contributed by atoms with Gasteiger partial charge in [-0.3, -0.25) is 14.9 Å². The second-order valence-corrected chi connectivity index (χ2v) is 5.48. The lowest BCUT2D eigenvalue weighted by Gasteiger charge is -2.09. The lowest BCUT2D eigenvalue weighted by atomic mass is 10.1. The van der Waals surface area contributed by atoms with Gasteiger partial charge in [-0.05, 0) is 35.9 Å². The second-order valence-electron chi connectivity index (χ2n) is 5.48. The average Bonchev–Trinajstić information content (AvgIpc) is 3.18. The molecule has 0 aliphatic rings. The van der Waals surface area contributed by atoms with Crippen LogP contribution < -0.4 is 10.1 Å². The molecular weight excluding hydrogens is 350 g/mol. The SMILES string of the molecule is N#Cc1cccc(COc2cccc(NC(=O)c3ccc([N+](=O)[O-])o3)c2)c1. The van der Waals surface area contributed by atoms with Gasteiger partial charge in [-0.25, -0.2) is 0 Å². The smallest absolute Gasteiger partial charge is 0.433 e. The Morgan fingerprint density at radius 3 is 2.74 bits per heavy atom. The molecule has 3 aromatic rings. The number of rotatable bonds is 6. The normalized spacial score (nSPS) is 10.0. The first-order valence-corrected chi connectivity index (χ1v) is 7.82. The first-order chi connectivity index (χ1) is 13.0. The molecule has 134 valence electrons. The Hall–Kier alpha value is -4.12. The quantitative estimate of drug-likeness (QED) is 0.524. The van der Waals surface area contributed by atoms with Crippen LogP contribution in [0.4, 0.5) is 11.6 Å². The third-order valence-corrected chi connectivity index (χ3v) is 3.55. The number of nitrogens with one attached hydrogen (secondary N) is 1. The minimum absolute atomic E-state index is 0.165. The van der Waals surface area contributed by atoms with Gasteiger partial charge in [-0.15, -0.1) is 0 Å². The number of nitriles is 1. The number of carbonyl (C=O) groups excluding carboxylic acids is 1. The zero-order valence-corrected chi connectivity index (χ0v) is 13.9. The number of furan rings is 1. The van der Waals surface area contributed by atoms with Gasteiger partial charge < -0.3 is 14.5 Å². The van der Waals surface area contributed by atoms with Gasteiger partial charge in [0.15, 0.2) is 5.76 Å². The monoisotopic (exact) mass is 363 g/mol. The average molecular weight is 363 g/mol. The van der Waals surface area contributed by atoms with Crippen molar-refractivity contribution in [2.45, 2.75) is 6.61 Å². The third kappa shape index (κ3) is 4.49. The molecule has 1 aromatic heterocycles. The van der Waals surface area contributed by atoms with E-state index < -0.39 is 16.7 Å². The van der Waals surface area contributed by atoms with E-state index in [9.17, 15) is 14.9 Å². The Balaban J connectivity index is 1.65. The van der Waals surface area contributed by atoms with Gasteiger partial charge in [0.25, 0.3) is 5.91 Å². The molecule has 0 bridgehead atoms. The number of hydrogen-bond acceptors (Lipinski definition) is 6. The van der Waals surface area contributed by atoms with Crippen LogP contribution >= 0.6 is 0 Å². The predicted octanol–water partition coefficient (Wildman–Crippen LogP) is 3.89. The van der Waals surface area contributed by atoms with E-state index in [1.165, 1.54) is 6.07 Å². The van der Waals surface area contributed by atoms with Crippen LogP contribution in [-0.2, 0) is 6.61 Å². The topological polar surface area (TPSA) is 118 Å². The summed E-state index contributed by atoms with van der Waals surface area (Å²) >= 11 is 0. The van der Waals surface area contributed by atoms with E-state index in [-0.39, 0.29) is 12.4 Å². The van der Waals surface area contributed by atoms with Gasteiger partial charge >= 0.3 is 5.88 Å². The summed E-state index contributed by atoms with van der Waals surface area (Å²) < 4.78 is 10.5. The van der Waals surface area contributed by atoms with Crippen LogP contribution in [0, 0.1) is 21.4 Å².